The molecule has 0 unspecified atom stereocenters. The van der Waals surface area contributed by atoms with Gasteiger partial charge in [-0.05, 0) is 47.4 Å². The molecule has 1 amide bonds. The van der Waals surface area contributed by atoms with Crippen molar-refractivity contribution in [2.24, 2.45) is 7.05 Å². The number of aromatic amines is 2. The first-order valence-electron chi connectivity index (χ1n) is 12.1. The molecule has 0 atom stereocenters. The SMILES string of the molecule is Cn1nc(C(=O)Nc2ccccc2CC(c2c[nH]c3ccccc23)c2c[nH]c3ccccc23)ccc1=O. The minimum absolute atomic E-state index is 0.0287. The van der Waals surface area contributed by atoms with Crippen molar-refractivity contribution in [3.8, 4) is 0 Å². The van der Waals surface area contributed by atoms with Gasteiger partial charge in [-0.2, -0.15) is 5.10 Å². The number of aromatic nitrogens is 4. The van der Waals surface area contributed by atoms with Crippen molar-refractivity contribution in [2.45, 2.75) is 12.3 Å². The summed E-state index contributed by atoms with van der Waals surface area (Å²) in [7, 11) is 1.53. The predicted molar refractivity (Wildman–Crippen MR) is 146 cm³/mol. The van der Waals surface area contributed by atoms with Crippen LogP contribution >= 0.6 is 0 Å². The molecule has 3 heterocycles. The Bertz CT molecular complexity index is 1740. The maximum atomic E-state index is 13.0. The van der Waals surface area contributed by atoms with Crippen LogP contribution in [0.15, 0.2) is 102 Å². The van der Waals surface area contributed by atoms with E-state index in [4.69, 9.17) is 0 Å². The van der Waals surface area contributed by atoms with Crippen LogP contribution in [0.1, 0.15) is 33.1 Å². The van der Waals surface area contributed by atoms with Crippen molar-refractivity contribution in [2.75, 3.05) is 5.32 Å². The Kier molecular flexibility index (Phi) is 5.65. The van der Waals surface area contributed by atoms with Crippen molar-refractivity contribution in [1.82, 2.24) is 19.7 Å². The fraction of sp³-hybridized carbons (Fsp3) is 0.100. The van der Waals surface area contributed by atoms with Gasteiger partial charge in [-0.1, -0.05) is 54.6 Å². The molecule has 7 heteroatoms. The standard InChI is InChI=1S/C30H25N5O2/c1-35-29(36)15-14-28(34-35)30(37)33-25-11-5-2-8-19(25)16-22(23-17-31-26-12-6-3-9-20(23)26)24-18-32-27-13-7-4-10-21(24)27/h2-15,17-18,22,31-32H,16H2,1H3,(H,33,37). The van der Waals surface area contributed by atoms with Gasteiger partial charge in [-0.15, -0.1) is 0 Å². The average Bonchev–Trinajstić information content (AvgIpc) is 3.54. The monoisotopic (exact) mass is 487 g/mol. The zero-order valence-corrected chi connectivity index (χ0v) is 20.2. The van der Waals surface area contributed by atoms with Gasteiger partial charge in [0.1, 0.15) is 5.69 Å². The Morgan fingerprint density at radius 1 is 0.838 bits per heavy atom. The fourth-order valence-corrected chi connectivity index (χ4v) is 5.00. The molecule has 0 saturated heterocycles. The molecule has 3 aromatic heterocycles. The maximum Gasteiger partial charge on any atom is 0.276 e. The number of hydrogen-bond acceptors (Lipinski definition) is 3. The Labute approximate surface area is 212 Å². The number of fused-ring (bicyclic) bond motifs is 2. The van der Waals surface area contributed by atoms with E-state index in [-0.39, 0.29) is 23.1 Å². The van der Waals surface area contributed by atoms with E-state index >= 15 is 0 Å². The summed E-state index contributed by atoms with van der Waals surface area (Å²) in [4.78, 5) is 31.6. The van der Waals surface area contributed by atoms with E-state index in [0.29, 0.717) is 12.1 Å². The highest BCUT2D eigenvalue weighted by Crippen LogP contribution is 2.38. The third-order valence-electron chi connectivity index (χ3n) is 6.88. The van der Waals surface area contributed by atoms with Crippen LogP contribution in [-0.4, -0.2) is 25.7 Å². The molecule has 182 valence electrons. The summed E-state index contributed by atoms with van der Waals surface area (Å²) >= 11 is 0. The van der Waals surface area contributed by atoms with Crippen molar-refractivity contribution >= 4 is 33.4 Å². The molecule has 0 fully saturated rings. The molecule has 6 rings (SSSR count). The van der Waals surface area contributed by atoms with Gasteiger partial charge in [0.2, 0.25) is 0 Å². The van der Waals surface area contributed by atoms with E-state index in [1.165, 1.54) is 41.1 Å². The first-order chi connectivity index (χ1) is 18.1. The van der Waals surface area contributed by atoms with E-state index in [1.54, 1.807) is 0 Å². The highest BCUT2D eigenvalue weighted by atomic mass is 16.2. The summed E-state index contributed by atoms with van der Waals surface area (Å²) in [5, 5.41) is 9.45. The number of nitrogens with one attached hydrogen (secondary N) is 3. The largest absolute Gasteiger partial charge is 0.361 e. The molecule has 3 aromatic carbocycles. The highest BCUT2D eigenvalue weighted by Gasteiger charge is 2.23. The first kappa shape index (κ1) is 22.5. The van der Waals surface area contributed by atoms with Crippen LogP contribution < -0.4 is 10.9 Å². The lowest BCUT2D eigenvalue weighted by molar-refractivity contribution is 0.102. The summed E-state index contributed by atoms with van der Waals surface area (Å²) in [5.41, 5.74) is 6.20. The molecule has 0 radical (unpaired) electrons. The van der Waals surface area contributed by atoms with Gasteiger partial charge in [0.15, 0.2) is 0 Å². The van der Waals surface area contributed by atoms with Gasteiger partial charge in [0, 0.05) is 58.9 Å². The third-order valence-corrected chi connectivity index (χ3v) is 6.88. The molecule has 7 nitrogen and oxygen atoms in total. The summed E-state index contributed by atoms with van der Waals surface area (Å²) < 4.78 is 1.16. The predicted octanol–water partition coefficient (Wildman–Crippen LogP) is 5.37. The second-order valence-electron chi connectivity index (χ2n) is 9.13. The topological polar surface area (TPSA) is 95.6 Å². The molecular weight excluding hydrogens is 462 g/mol. The molecule has 37 heavy (non-hydrogen) atoms. The second kappa shape index (κ2) is 9.28. The van der Waals surface area contributed by atoms with Gasteiger partial charge >= 0.3 is 0 Å². The zero-order valence-electron chi connectivity index (χ0n) is 20.2. The molecule has 0 spiro atoms. The normalized spacial score (nSPS) is 11.4. The average molecular weight is 488 g/mol. The fourth-order valence-electron chi connectivity index (χ4n) is 5.00. The van der Waals surface area contributed by atoms with E-state index in [0.717, 1.165) is 21.3 Å². The molecule has 6 aromatic rings. The van der Waals surface area contributed by atoms with Gasteiger partial charge < -0.3 is 15.3 Å². The van der Waals surface area contributed by atoms with Crippen LogP contribution in [0.5, 0.6) is 0 Å². The lowest BCUT2D eigenvalue weighted by Crippen LogP contribution is -2.24. The number of benzene rings is 3. The number of para-hydroxylation sites is 3. The summed E-state index contributed by atoms with van der Waals surface area (Å²) in [6.45, 7) is 0. The minimum Gasteiger partial charge on any atom is -0.361 e. The molecule has 0 aliphatic rings. The first-order valence-corrected chi connectivity index (χ1v) is 12.1. The molecule has 0 aliphatic heterocycles. The van der Waals surface area contributed by atoms with E-state index in [2.05, 4.69) is 69.2 Å². The van der Waals surface area contributed by atoms with Crippen molar-refractivity contribution < 1.29 is 4.79 Å². The Balaban J connectivity index is 1.42. The van der Waals surface area contributed by atoms with Crippen LogP contribution in [0.3, 0.4) is 0 Å². The van der Waals surface area contributed by atoms with Crippen LogP contribution in [0, 0.1) is 0 Å². The van der Waals surface area contributed by atoms with Crippen LogP contribution in [0.25, 0.3) is 21.8 Å². The van der Waals surface area contributed by atoms with Crippen molar-refractivity contribution in [3.05, 3.63) is 130 Å². The van der Waals surface area contributed by atoms with Gasteiger partial charge in [-0.25, -0.2) is 4.68 Å². The molecule has 3 N–H and O–H groups in total. The number of hydrogen-bond donors (Lipinski definition) is 3. The summed E-state index contributed by atoms with van der Waals surface area (Å²) in [6.07, 6.45) is 4.85. The number of nitrogens with zero attached hydrogens (tertiary/aromatic N) is 2. The second-order valence-corrected chi connectivity index (χ2v) is 9.13. The Morgan fingerprint density at radius 2 is 1.43 bits per heavy atom. The third kappa shape index (κ3) is 4.21. The number of carbonyl (C=O) groups excluding carboxylic acids is 1. The van der Waals surface area contributed by atoms with Crippen molar-refractivity contribution in [1.29, 1.82) is 0 Å². The molecule has 0 bridgehead atoms. The van der Waals surface area contributed by atoms with E-state index in [1.807, 2.05) is 36.4 Å². The number of aryl methyl sites for hydroxylation is 1. The maximum absolute atomic E-state index is 13.0. The molecule has 0 saturated carbocycles. The lowest BCUT2D eigenvalue weighted by Gasteiger charge is -2.19. The van der Waals surface area contributed by atoms with Crippen molar-refractivity contribution in [3.63, 3.8) is 0 Å². The summed E-state index contributed by atoms with van der Waals surface area (Å²) in [6, 6.07) is 27.2. The van der Waals surface area contributed by atoms with Crippen LogP contribution in [0.2, 0.25) is 0 Å². The zero-order chi connectivity index (χ0) is 25.4. The number of amides is 1. The number of H-pyrrole nitrogens is 2. The summed E-state index contributed by atoms with van der Waals surface area (Å²) in [5.74, 6) is -0.334. The van der Waals surface area contributed by atoms with E-state index < -0.39 is 0 Å². The van der Waals surface area contributed by atoms with Gasteiger partial charge in [0.25, 0.3) is 11.5 Å². The quantitative estimate of drug-likeness (QED) is 0.295. The van der Waals surface area contributed by atoms with Crippen LogP contribution in [-0.2, 0) is 13.5 Å². The number of anilines is 1. The molecular formula is C30H25N5O2. The number of rotatable bonds is 6. The minimum atomic E-state index is -0.362. The van der Waals surface area contributed by atoms with Crippen LogP contribution in [0.4, 0.5) is 5.69 Å². The molecule has 0 aliphatic carbocycles. The van der Waals surface area contributed by atoms with Gasteiger partial charge in [-0.3, -0.25) is 9.59 Å². The Morgan fingerprint density at radius 3 is 2.08 bits per heavy atom. The highest BCUT2D eigenvalue weighted by molar-refractivity contribution is 6.03. The van der Waals surface area contributed by atoms with E-state index in [9.17, 15) is 9.59 Å². The Hall–Kier alpha value is -4.91. The number of carbonyl (C=O) groups is 1. The lowest BCUT2D eigenvalue weighted by atomic mass is 9.85. The smallest absolute Gasteiger partial charge is 0.276 e. The van der Waals surface area contributed by atoms with Gasteiger partial charge in [0.05, 0.1) is 0 Å².